The zero-order valence-electron chi connectivity index (χ0n) is 17.1. The van der Waals surface area contributed by atoms with Gasteiger partial charge in [-0.3, -0.25) is 9.48 Å². The van der Waals surface area contributed by atoms with Crippen LogP contribution in [0, 0.1) is 0 Å². The van der Waals surface area contributed by atoms with Crippen LogP contribution in [0.15, 0.2) is 30.3 Å². The number of hydrogen-bond donors (Lipinski definition) is 1. The van der Waals surface area contributed by atoms with Crippen LogP contribution in [0.2, 0.25) is 0 Å². The molecule has 0 bridgehead atoms. The number of rotatable bonds is 7. The Balaban J connectivity index is 1.61. The lowest BCUT2D eigenvalue weighted by atomic mass is 10.1. The molecule has 0 radical (unpaired) electrons. The van der Waals surface area contributed by atoms with E-state index in [0.29, 0.717) is 24.8 Å². The molecule has 1 amide bonds. The summed E-state index contributed by atoms with van der Waals surface area (Å²) in [6.07, 6.45) is 2.60. The second kappa shape index (κ2) is 7.85. The van der Waals surface area contributed by atoms with Crippen molar-refractivity contribution in [1.82, 2.24) is 15.1 Å². The summed E-state index contributed by atoms with van der Waals surface area (Å²) in [5.74, 6) is 0.436. The van der Waals surface area contributed by atoms with Crippen LogP contribution >= 0.6 is 0 Å². The third-order valence-corrected chi connectivity index (χ3v) is 4.66. The van der Waals surface area contributed by atoms with Gasteiger partial charge in [0.05, 0.1) is 18.2 Å². The van der Waals surface area contributed by atoms with Crippen molar-refractivity contribution in [1.29, 1.82) is 0 Å². The van der Waals surface area contributed by atoms with E-state index in [1.807, 2.05) is 48.9 Å². The molecule has 0 unspecified atom stereocenters. The van der Waals surface area contributed by atoms with Gasteiger partial charge >= 0.3 is 0 Å². The fraction of sp³-hybridized carbons (Fsp3) is 0.545. The number of amides is 1. The number of aromatic nitrogens is 2. The van der Waals surface area contributed by atoms with E-state index in [0.717, 1.165) is 11.1 Å². The highest BCUT2D eigenvalue weighted by molar-refractivity contribution is 5.92. The van der Waals surface area contributed by atoms with E-state index < -0.39 is 0 Å². The number of nitrogens with one attached hydrogen (secondary N) is 1. The Hall–Kier alpha value is -2.14. The van der Waals surface area contributed by atoms with E-state index >= 15 is 0 Å². The minimum Gasteiger partial charge on any atom is -0.374 e. The molecule has 5 heteroatoms. The van der Waals surface area contributed by atoms with E-state index in [9.17, 15) is 4.79 Å². The molecule has 0 atom stereocenters. The molecule has 1 N–H and O–H groups in total. The van der Waals surface area contributed by atoms with Gasteiger partial charge in [-0.25, -0.2) is 0 Å². The Morgan fingerprint density at radius 1 is 1.22 bits per heavy atom. The standard InChI is InChI=1S/C22H31N3O2/c1-15(2)27-14-17-8-6-16(7-9-17)13-23-21(26)19-12-20(18-10-11-18)25(24-19)22(3,4)5/h6-9,12,15,18H,10-11,13-14H2,1-5H3,(H,23,26). The number of benzene rings is 1. The third-order valence-electron chi connectivity index (χ3n) is 4.66. The second-order valence-corrected chi connectivity index (χ2v) is 8.67. The molecule has 1 heterocycles. The lowest BCUT2D eigenvalue weighted by Crippen LogP contribution is -2.27. The van der Waals surface area contributed by atoms with Gasteiger partial charge in [-0.15, -0.1) is 0 Å². The first-order valence-corrected chi connectivity index (χ1v) is 9.82. The van der Waals surface area contributed by atoms with Crippen LogP contribution < -0.4 is 5.32 Å². The lowest BCUT2D eigenvalue weighted by molar-refractivity contribution is 0.0657. The van der Waals surface area contributed by atoms with Gasteiger partial charge in [0.15, 0.2) is 0 Å². The van der Waals surface area contributed by atoms with Crippen molar-refractivity contribution in [2.75, 3.05) is 0 Å². The molecule has 1 aromatic carbocycles. The highest BCUT2D eigenvalue weighted by Crippen LogP contribution is 2.41. The van der Waals surface area contributed by atoms with Gasteiger partial charge in [0.2, 0.25) is 0 Å². The molecular formula is C22H31N3O2. The van der Waals surface area contributed by atoms with E-state index in [-0.39, 0.29) is 17.6 Å². The fourth-order valence-electron chi connectivity index (χ4n) is 3.00. The van der Waals surface area contributed by atoms with Crippen LogP contribution in [-0.2, 0) is 23.4 Å². The minimum absolute atomic E-state index is 0.118. The molecule has 27 heavy (non-hydrogen) atoms. The summed E-state index contributed by atoms with van der Waals surface area (Å²) < 4.78 is 7.63. The zero-order valence-corrected chi connectivity index (χ0v) is 17.1. The second-order valence-electron chi connectivity index (χ2n) is 8.67. The summed E-state index contributed by atoms with van der Waals surface area (Å²) in [7, 11) is 0. The van der Waals surface area contributed by atoms with Crippen LogP contribution in [-0.4, -0.2) is 21.8 Å². The van der Waals surface area contributed by atoms with E-state index in [1.165, 1.54) is 18.5 Å². The molecule has 5 nitrogen and oxygen atoms in total. The van der Waals surface area contributed by atoms with Gasteiger partial charge in [-0.2, -0.15) is 5.10 Å². The average molecular weight is 370 g/mol. The van der Waals surface area contributed by atoms with E-state index in [4.69, 9.17) is 4.74 Å². The molecule has 146 valence electrons. The minimum atomic E-state index is -0.121. The summed E-state index contributed by atoms with van der Waals surface area (Å²) in [6, 6.07) is 10.1. The maximum atomic E-state index is 12.6. The topological polar surface area (TPSA) is 56.1 Å². The van der Waals surface area contributed by atoms with Crippen LogP contribution in [0.1, 0.15) is 80.7 Å². The Morgan fingerprint density at radius 2 is 1.85 bits per heavy atom. The normalized spacial score (nSPS) is 14.6. The quantitative estimate of drug-likeness (QED) is 0.788. The van der Waals surface area contributed by atoms with E-state index in [2.05, 4.69) is 31.2 Å². The maximum Gasteiger partial charge on any atom is 0.272 e. The molecule has 1 aliphatic rings. The molecule has 1 aliphatic carbocycles. The number of carbonyl (C=O) groups excluding carboxylic acids is 1. The Labute approximate surface area is 162 Å². The SMILES string of the molecule is CC(C)OCc1ccc(CNC(=O)c2cc(C3CC3)n(C(C)(C)C)n2)cc1. The van der Waals surface area contributed by atoms with Crippen LogP contribution in [0.25, 0.3) is 0 Å². The number of nitrogens with zero attached hydrogens (tertiary/aromatic N) is 2. The Kier molecular flexibility index (Phi) is 5.70. The zero-order chi connectivity index (χ0) is 19.6. The summed E-state index contributed by atoms with van der Waals surface area (Å²) in [6.45, 7) is 11.5. The van der Waals surface area contributed by atoms with Crippen molar-refractivity contribution in [2.45, 2.75) is 78.2 Å². The molecule has 2 aromatic rings. The van der Waals surface area contributed by atoms with Gasteiger partial charge in [-0.1, -0.05) is 24.3 Å². The van der Waals surface area contributed by atoms with Gasteiger partial charge in [0.1, 0.15) is 5.69 Å². The molecule has 0 saturated heterocycles. The van der Waals surface area contributed by atoms with Gasteiger partial charge in [-0.05, 0) is 64.7 Å². The lowest BCUT2D eigenvalue weighted by Gasteiger charge is -2.22. The van der Waals surface area contributed by atoms with Gasteiger partial charge in [0, 0.05) is 18.2 Å². The molecule has 3 rings (SSSR count). The molecule has 1 aromatic heterocycles. The van der Waals surface area contributed by atoms with Gasteiger partial charge in [0.25, 0.3) is 5.91 Å². The number of ether oxygens (including phenoxy) is 1. The molecule has 1 saturated carbocycles. The summed E-state index contributed by atoms with van der Waals surface area (Å²) >= 11 is 0. The van der Waals surface area contributed by atoms with Crippen molar-refractivity contribution in [3.8, 4) is 0 Å². The number of hydrogen-bond acceptors (Lipinski definition) is 3. The van der Waals surface area contributed by atoms with Crippen LogP contribution in [0.3, 0.4) is 0 Å². The van der Waals surface area contributed by atoms with Crippen molar-refractivity contribution < 1.29 is 9.53 Å². The summed E-state index contributed by atoms with van der Waals surface area (Å²) in [5.41, 5.74) is 3.77. The van der Waals surface area contributed by atoms with Crippen LogP contribution in [0.4, 0.5) is 0 Å². The predicted molar refractivity (Wildman–Crippen MR) is 107 cm³/mol. The first-order valence-electron chi connectivity index (χ1n) is 9.82. The molecule has 0 aliphatic heterocycles. The molecule has 0 spiro atoms. The van der Waals surface area contributed by atoms with Gasteiger partial charge < -0.3 is 10.1 Å². The van der Waals surface area contributed by atoms with Crippen molar-refractivity contribution >= 4 is 5.91 Å². The first kappa shape index (κ1) is 19.6. The highest BCUT2D eigenvalue weighted by Gasteiger charge is 2.32. The predicted octanol–water partition coefficient (Wildman–Crippen LogP) is 4.37. The fourth-order valence-corrected chi connectivity index (χ4v) is 3.00. The first-order chi connectivity index (χ1) is 12.7. The Morgan fingerprint density at radius 3 is 2.41 bits per heavy atom. The average Bonchev–Trinajstić information content (AvgIpc) is 3.35. The third kappa shape index (κ3) is 5.19. The van der Waals surface area contributed by atoms with E-state index in [1.54, 1.807) is 0 Å². The van der Waals surface area contributed by atoms with Crippen molar-refractivity contribution in [3.05, 3.63) is 52.8 Å². The monoisotopic (exact) mass is 369 g/mol. The van der Waals surface area contributed by atoms with Crippen molar-refractivity contribution in [2.24, 2.45) is 0 Å². The highest BCUT2D eigenvalue weighted by atomic mass is 16.5. The van der Waals surface area contributed by atoms with Crippen molar-refractivity contribution in [3.63, 3.8) is 0 Å². The van der Waals surface area contributed by atoms with Crippen LogP contribution in [0.5, 0.6) is 0 Å². The largest absolute Gasteiger partial charge is 0.374 e. The smallest absolute Gasteiger partial charge is 0.272 e. The number of carbonyl (C=O) groups is 1. The maximum absolute atomic E-state index is 12.6. The Bertz CT molecular complexity index is 781. The summed E-state index contributed by atoms with van der Waals surface area (Å²) in [5, 5.41) is 7.59. The molecular weight excluding hydrogens is 338 g/mol. The molecule has 1 fully saturated rings. The summed E-state index contributed by atoms with van der Waals surface area (Å²) in [4.78, 5) is 12.6.